The van der Waals surface area contributed by atoms with Crippen molar-refractivity contribution in [3.05, 3.63) is 0 Å². The summed E-state index contributed by atoms with van der Waals surface area (Å²) in [5.74, 6) is -14.3. The molecule has 0 aliphatic rings. The molecule has 0 N–H and O–H groups in total. The third-order valence-electron chi connectivity index (χ3n) is 1.31. The van der Waals surface area contributed by atoms with E-state index >= 15 is 0 Å². The van der Waals surface area contributed by atoms with Gasteiger partial charge in [0.25, 0.3) is 0 Å². The number of rotatable bonds is 4. The minimum Gasteiger partial charge on any atom is -0.566 e. The molecule has 13 heteroatoms. The molecule has 0 amide bonds. The molecule has 0 fully saturated rings. The van der Waals surface area contributed by atoms with Gasteiger partial charge in [-0.1, -0.05) is 4.52 Å². The zero-order chi connectivity index (χ0) is 14.3. The average Bonchev–Trinajstić information content (AvgIpc) is 1.98. The first kappa shape index (κ1) is 16.4. The lowest BCUT2D eigenvalue weighted by atomic mass is 10.1. The predicted molar refractivity (Wildman–Crippen MR) is 29.6 cm³/mol. The van der Waals surface area contributed by atoms with E-state index in [1.54, 1.807) is 0 Å². The number of halogens is 9. The molecule has 0 aromatic carbocycles. The second-order valence-corrected chi connectivity index (χ2v) is 3.11. The van der Waals surface area contributed by atoms with E-state index in [4.69, 9.17) is 0 Å². The SMILES string of the molecule is O=[P+]([O-])OC(F)(F)C(F)(F)C(F)(F)C(F)(F)F. The smallest absolute Gasteiger partial charge is 0.495 e. The third-order valence-corrected chi connectivity index (χ3v) is 1.68. The Bertz CT molecular complexity index is 310. The lowest BCUT2D eigenvalue weighted by molar-refractivity contribution is -0.432. The Morgan fingerprint density at radius 2 is 1.18 bits per heavy atom. The van der Waals surface area contributed by atoms with Gasteiger partial charge in [0.05, 0.1) is 0 Å². The quantitative estimate of drug-likeness (QED) is 0.591. The first-order chi connectivity index (χ1) is 7.17. The van der Waals surface area contributed by atoms with Crippen molar-refractivity contribution in [3.63, 3.8) is 0 Å². The molecule has 17 heavy (non-hydrogen) atoms. The van der Waals surface area contributed by atoms with Gasteiger partial charge in [0.1, 0.15) is 0 Å². The maximum absolute atomic E-state index is 12.2. The van der Waals surface area contributed by atoms with E-state index in [-0.39, 0.29) is 0 Å². The van der Waals surface area contributed by atoms with Crippen LogP contribution in [-0.4, -0.2) is 24.1 Å². The highest BCUT2D eigenvalue weighted by atomic mass is 31.1. The van der Waals surface area contributed by atoms with Gasteiger partial charge in [0.2, 0.25) is 0 Å². The van der Waals surface area contributed by atoms with Gasteiger partial charge in [-0.05, 0) is 4.57 Å². The van der Waals surface area contributed by atoms with E-state index in [9.17, 15) is 49.0 Å². The van der Waals surface area contributed by atoms with Crippen LogP contribution in [0.3, 0.4) is 0 Å². The van der Waals surface area contributed by atoms with E-state index in [1.807, 2.05) is 0 Å². The van der Waals surface area contributed by atoms with Crippen LogP contribution in [0, 0.1) is 0 Å². The summed E-state index contributed by atoms with van der Waals surface area (Å²) in [6.45, 7) is 0. The Hall–Kier alpha value is -0.610. The normalized spacial score (nSPS) is 16.0. The van der Waals surface area contributed by atoms with E-state index in [0.717, 1.165) is 0 Å². The highest BCUT2D eigenvalue weighted by Gasteiger charge is 2.84. The van der Waals surface area contributed by atoms with E-state index in [0.29, 0.717) is 0 Å². The molecular weight excluding hydrogens is 298 g/mol. The maximum atomic E-state index is 12.2. The standard InChI is InChI=1S/C4F9O3P/c5-1(6,3(9,10)11)2(7,8)4(12,13)16-17(14)15. The Morgan fingerprint density at radius 3 is 1.41 bits per heavy atom. The first-order valence-corrected chi connectivity index (χ1v) is 4.30. The molecular formula is C4F9O3P. The Morgan fingerprint density at radius 1 is 0.824 bits per heavy atom. The van der Waals surface area contributed by atoms with Crippen LogP contribution in [0.4, 0.5) is 39.5 Å². The average molecular weight is 298 g/mol. The zero-order valence-electron chi connectivity index (χ0n) is 7.07. The van der Waals surface area contributed by atoms with Crippen LogP contribution in [0.2, 0.25) is 0 Å². The molecule has 1 unspecified atom stereocenters. The van der Waals surface area contributed by atoms with Crippen molar-refractivity contribution in [3.8, 4) is 0 Å². The van der Waals surface area contributed by atoms with Crippen LogP contribution >= 0.6 is 8.25 Å². The minimum absolute atomic E-state index is 2.07. The topological polar surface area (TPSA) is 49.4 Å². The van der Waals surface area contributed by atoms with Crippen molar-refractivity contribution in [1.82, 2.24) is 0 Å². The molecule has 102 valence electrons. The molecule has 0 saturated heterocycles. The van der Waals surface area contributed by atoms with E-state index < -0.39 is 32.4 Å². The number of hydrogen-bond donors (Lipinski definition) is 0. The largest absolute Gasteiger partial charge is 0.566 e. The molecule has 0 spiro atoms. The predicted octanol–water partition coefficient (Wildman–Crippen LogP) is 2.45. The second-order valence-electron chi connectivity index (χ2n) is 2.48. The molecule has 1 atom stereocenters. The molecule has 0 aromatic heterocycles. The number of alkyl halides is 9. The second kappa shape index (κ2) is 4.25. The van der Waals surface area contributed by atoms with Gasteiger partial charge < -0.3 is 4.89 Å². The van der Waals surface area contributed by atoms with Crippen LogP contribution in [0.1, 0.15) is 0 Å². The lowest BCUT2D eigenvalue weighted by Crippen LogP contribution is -2.61. The van der Waals surface area contributed by atoms with Gasteiger partial charge in [-0.2, -0.15) is 39.5 Å². The minimum atomic E-state index is -7.17. The Labute approximate surface area is 87.1 Å². The molecule has 0 aliphatic carbocycles. The fourth-order valence-corrected chi connectivity index (χ4v) is 0.814. The molecule has 3 nitrogen and oxygen atoms in total. The van der Waals surface area contributed by atoms with Gasteiger partial charge in [-0.15, -0.1) is 0 Å². The third kappa shape index (κ3) is 2.80. The van der Waals surface area contributed by atoms with Crippen LogP contribution < -0.4 is 4.89 Å². The summed E-state index contributed by atoms with van der Waals surface area (Å²) >= 11 is 0. The van der Waals surface area contributed by atoms with Crippen LogP contribution in [0.15, 0.2) is 0 Å². The van der Waals surface area contributed by atoms with Gasteiger partial charge in [0.15, 0.2) is 0 Å². The zero-order valence-corrected chi connectivity index (χ0v) is 7.97. The van der Waals surface area contributed by atoms with Crippen molar-refractivity contribution in [2.45, 2.75) is 24.1 Å². The molecule has 0 saturated carbocycles. The molecule has 0 bridgehead atoms. The molecule has 0 aromatic rings. The number of hydrogen-bond acceptors (Lipinski definition) is 3. The highest BCUT2D eigenvalue weighted by Crippen LogP contribution is 2.54. The fraction of sp³-hybridized carbons (Fsp3) is 1.00. The maximum Gasteiger partial charge on any atom is 0.495 e. The Balaban J connectivity index is 5.47. The first-order valence-electron chi connectivity index (χ1n) is 3.20. The molecule has 0 aliphatic heterocycles. The van der Waals surface area contributed by atoms with Gasteiger partial charge in [-0.3, -0.25) is 0 Å². The summed E-state index contributed by atoms with van der Waals surface area (Å²) in [4.78, 5) is 9.51. The summed E-state index contributed by atoms with van der Waals surface area (Å²) in [5.41, 5.74) is 0. The van der Waals surface area contributed by atoms with Gasteiger partial charge in [-0.25, -0.2) is 0 Å². The summed E-state index contributed by atoms with van der Waals surface area (Å²) in [7, 11) is -4.77. The summed E-state index contributed by atoms with van der Waals surface area (Å²) < 4.78 is 119. The monoisotopic (exact) mass is 298 g/mol. The molecule has 0 rings (SSSR count). The molecule has 0 radical (unpaired) electrons. The Kier molecular flexibility index (Phi) is 4.10. The summed E-state index contributed by atoms with van der Waals surface area (Å²) in [6.07, 6.45) is -13.6. The van der Waals surface area contributed by atoms with E-state index in [2.05, 4.69) is 4.52 Å². The molecule has 0 heterocycles. The highest BCUT2D eigenvalue weighted by molar-refractivity contribution is 7.30. The van der Waals surface area contributed by atoms with Crippen LogP contribution in [0.25, 0.3) is 0 Å². The van der Waals surface area contributed by atoms with Crippen LogP contribution in [-0.2, 0) is 9.09 Å². The van der Waals surface area contributed by atoms with Crippen molar-refractivity contribution < 1.29 is 53.5 Å². The van der Waals surface area contributed by atoms with E-state index in [1.165, 1.54) is 0 Å². The van der Waals surface area contributed by atoms with Gasteiger partial charge >= 0.3 is 32.4 Å². The van der Waals surface area contributed by atoms with Crippen molar-refractivity contribution in [1.29, 1.82) is 0 Å². The fourth-order valence-electron chi connectivity index (χ4n) is 0.512. The summed E-state index contributed by atoms with van der Waals surface area (Å²) in [6, 6.07) is 0. The van der Waals surface area contributed by atoms with Crippen molar-refractivity contribution >= 4 is 8.25 Å². The van der Waals surface area contributed by atoms with Crippen LogP contribution in [0.5, 0.6) is 0 Å². The van der Waals surface area contributed by atoms with Crippen molar-refractivity contribution in [2.24, 2.45) is 0 Å². The van der Waals surface area contributed by atoms with Crippen molar-refractivity contribution in [2.75, 3.05) is 0 Å². The summed E-state index contributed by atoms with van der Waals surface area (Å²) in [5, 5.41) is 0. The van der Waals surface area contributed by atoms with Gasteiger partial charge in [0, 0.05) is 0 Å². The lowest BCUT2D eigenvalue weighted by Gasteiger charge is -2.30.